The number of nitrogens with zero attached hydrogens (tertiary/aromatic N) is 1. The molecule has 0 saturated carbocycles. The lowest BCUT2D eigenvalue weighted by Crippen LogP contribution is -2.35. The Morgan fingerprint density at radius 3 is 2.83 bits per heavy atom. The third kappa shape index (κ3) is 2.87. The third-order valence-corrected chi connectivity index (χ3v) is 4.59. The summed E-state index contributed by atoms with van der Waals surface area (Å²) in [4.78, 5) is 11.9. The summed E-state index contributed by atoms with van der Waals surface area (Å²) in [5.41, 5.74) is 0.778. The van der Waals surface area contributed by atoms with E-state index in [0.29, 0.717) is 17.5 Å². The molecule has 1 amide bonds. The average molecular weight is 264 g/mol. The maximum absolute atomic E-state index is 11.9. The number of hydrogen-bond donors (Lipinski definition) is 1. The number of amides is 1. The van der Waals surface area contributed by atoms with Crippen LogP contribution in [0.4, 0.5) is 0 Å². The van der Waals surface area contributed by atoms with Crippen LogP contribution in [-0.4, -0.2) is 31.9 Å². The van der Waals surface area contributed by atoms with Crippen molar-refractivity contribution in [2.75, 3.05) is 11.5 Å². The lowest BCUT2D eigenvalue weighted by molar-refractivity contribution is 0.0941. The fraction of sp³-hybridized carbons (Fsp3) is 0.333. The van der Waals surface area contributed by atoms with Gasteiger partial charge < -0.3 is 5.32 Å². The number of nitrogens with one attached hydrogen (secondary N) is 1. The standard InChI is InChI=1S/C12H12N2O3S/c13-7-9-2-1-3-10(6-9)12(15)14-11-4-5-18(16,17)8-11/h1-3,6,11H,4-5,8H2,(H,14,15). The van der Waals surface area contributed by atoms with Crippen molar-refractivity contribution in [2.45, 2.75) is 12.5 Å². The Morgan fingerprint density at radius 1 is 1.44 bits per heavy atom. The Kier molecular flexibility index (Phi) is 3.34. The molecular weight excluding hydrogens is 252 g/mol. The van der Waals surface area contributed by atoms with Crippen molar-refractivity contribution in [2.24, 2.45) is 0 Å². The van der Waals surface area contributed by atoms with Crippen LogP contribution in [0.25, 0.3) is 0 Å². The van der Waals surface area contributed by atoms with E-state index in [9.17, 15) is 13.2 Å². The zero-order valence-corrected chi connectivity index (χ0v) is 10.4. The number of benzene rings is 1. The van der Waals surface area contributed by atoms with Crippen molar-refractivity contribution in [3.05, 3.63) is 35.4 Å². The molecule has 0 radical (unpaired) electrons. The molecule has 18 heavy (non-hydrogen) atoms. The first-order valence-corrected chi connectivity index (χ1v) is 7.34. The second-order valence-corrected chi connectivity index (χ2v) is 6.49. The number of sulfone groups is 1. The molecule has 1 saturated heterocycles. The summed E-state index contributed by atoms with van der Waals surface area (Å²) in [5.74, 6) is -0.221. The molecule has 1 aromatic rings. The Hall–Kier alpha value is -1.87. The van der Waals surface area contributed by atoms with E-state index < -0.39 is 9.84 Å². The van der Waals surface area contributed by atoms with Crippen LogP contribution in [0.15, 0.2) is 24.3 Å². The minimum atomic E-state index is -3.00. The van der Waals surface area contributed by atoms with E-state index in [1.807, 2.05) is 6.07 Å². The van der Waals surface area contributed by atoms with Crippen LogP contribution in [0.1, 0.15) is 22.3 Å². The number of hydrogen-bond acceptors (Lipinski definition) is 4. The number of nitriles is 1. The lowest BCUT2D eigenvalue weighted by Gasteiger charge is -2.10. The highest BCUT2D eigenvalue weighted by molar-refractivity contribution is 7.91. The Bertz CT molecular complexity index is 616. The molecule has 1 aliphatic heterocycles. The zero-order chi connectivity index (χ0) is 13.2. The molecule has 0 bridgehead atoms. The van der Waals surface area contributed by atoms with E-state index in [1.54, 1.807) is 18.2 Å². The highest BCUT2D eigenvalue weighted by Crippen LogP contribution is 2.12. The summed E-state index contributed by atoms with van der Waals surface area (Å²) in [6.45, 7) is 0. The van der Waals surface area contributed by atoms with E-state index in [2.05, 4.69) is 5.32 Å². The Balaban J connectivity index is 2.07. The van der Waals surface area contributed by atoms with Crippen LogP contribution >= 0.6 is 0 Å². The molecule has 1 heterocycles. The highest BCUT2D eigenvalue weighted by Gasteiger charge is 2.29. The highest BCUT2D eigenvalue weighted by atomic mass is 32.2. The molecule has 1 fully saturated rings. The molecule has 1 aliphatic rings. The van der Waals surface area contributed by atoms with Gasteiger partial charge in [0.2, 0.25) is 0 Å². The van der Waals surface area contributed by atoms with E-state index >= 15 is 0 Å². The van der Waals surface area contributed by atoms with E-state index in [1.165, 1.54) is 6.07 Å². The second-order valence-electron chi connectivity index (χ2n) is 4.27. The minimum Gasteiger partial charge on any atom is -0.348 e. The van der Waals surface area contributed by atoms with Gasteiger partial charge in [0, 0.05) is 11.6 Å². The molecule has 1 atom stereocenters. The third-order valence-electron chi connectivity index (χ3n) is 2.82. The van der Waals surface area contributed by atoms with Crippen LogP contribution in [0.5, 0.6) is 0 Å². The maximum Gasteiger partial charge on any atom is 0.251 e. The van der Waals surface area contributed by atoms with E-state index in [4.69, 9.17) is 5.26 Å². The van der Waals surface area contributed by atoms with Gasteiger partial charge in [-0.05, 0) is 24.6 Å². The molecular formula is C12H12N2O3S. The monoisotopic (exact) mass is 264 g/mol. The minimum absolute atomic E-state index is 0.00329. The number of rotatable bonds is 2. The van der Waals surface area contributed by atoms with E-state index in [0.717, 1.165) is 0 Å². The van der Waals surface area contributed by atoms with Crippen molar-refractivity contribution in [1.29, 1.82) is 5.26 Å². The summed E-state index contributed by atoms with van der Waals surface area (Å²) in [7, 11) is -3.00. The first-order valence-electron chi connectivity index (χ1n) is 5.51. The van der Waals surface area contributed by atoms with Gasteiger partial charge in [-0.25, -0.2) is 8.42 Å². The predicted molar refractivity (Wildman–Crippen MR) is 65.7 cm³/mol. The summed E-state index contributed by atoms with van der Waals surface area (Å²) < 4.78 is 22.5. The van der Waals surface area contributed by atoms with Gasteiger partial charge >= 0.3 is 0 Å². The van der Waals surface area contributed by atoms with Gasteiger partial charge in [0.15, 0.2) is 9.84 Å². The quantitative estimate of drug-likeness (QED) is 0.841. The maximum atomic E-state index is 11.9. The summed E-state index contributed by atoms with van der Waals surface area (Å²) in [6, 6.07) is 7.94. The van der Waals surface area contributed by atoms with Gasteiger partial charge in [-0.15, -0.1) is 0 Å². The van der Waals surface area contributed by atoms with Gasteiger partial charge in [-0.3, -0.25) is 4.79 Å². The normalized spacial score (nSPS) is 21.2. The molecule has 1 aromatic carbocycles. The Morgan fingerprint density at radius 2 is 2.22 bits per heavy atom. The van der Waals surface area contributed by atoms with Crippen molar-refractivity contribution in [3.8, 4) is 6.07 Å². The first kappa shape index (κ1) is 12.6. The molecule has 0 aliphatic carbocycles. The van der Waals surface area contributed by atoms with Crippen molar-refractivity contribution in [1.82, 2.24) is 5.32 Å². The molecule has 94 valence electrons. The van der Waals surface area contributed by atoms with Crippen LogP contribution in [-0.2, 0) is 9.84 Å². The van der Waals surface area contributed by atoms with Crippen molar-refractivity contribution < 1.29 is 13.2 Å². The van der Waals surface area contributed by atoms with Gasteiger partial charge in [0.25, 0.3) is 5.91 Å². The fourth-order valence-electron chi connectivity index (χ4n) is 1.91. The van der Waals surface area contributed by atoms with Crippen LogP contribution < -0.4 is 5.32 Å². The smallest absolute Gasteiger partial charge is 0.251 e. The van der Waals surface area contributed by atoms with E-state index in [-0.39, 0.29) is 23.5 Å². The molecule has 0 spiro atoms. The van der Waals surface area contributed by atoms with Gasteiger partial charge in [0.1, 0.15) is 0 Å². The molecule has 6 heteroatoms. The van der Waals surface area contributed by atoms with Gasteiger partial charge in [0.05, 0.1) is 23.1 Å². The molecule has 5 nitrogen and oxygen atoms in total. The predicted octanol–water partition coefficient (Wildman–Crippen LogP) is 0.475. The number of carbonyl (C=O) groups excluding carboxylic acids is 1. The lowest BCUT2D eigenvalue weighted by atomic mass is 10.1. The largest absolute Gasteiger partial charge is 0.348 e. The van der Waals surface area contributed by atoms with Crippen molar-refractivity contribution in [3.63, 3.8) is 0 Å². The van der Waals surface area contributed by atoms with Gasteiger partial charge in [-0.2, -0.15) is 5.26 Å². The fourth-order valence-corrected chi connectivity index (χ4v) is 3.58. The molecule has 1 N–H and O–H groups in total. The summed E-state index contributed by atoms with van der Waals surface area (Å²) in [5, 5.41) is 11.4. The zero-order valence-electron chi connectivity index (χ0n) is 9.59. The van der Waals surface area contributed by atoms with Crippen molar-refractivity contribution >= 4 is 15.7 Å². The summed E-state index contributed by atoms with van der Waals surface area (Å²) in [6.07, 6.45) is 0.450. The molecule has 0 aromatic heterocycles. The second kappa shape index (κ2) is 4.78. The molecule has 2 rings (SSSR count). The van der Waals surface area contributed by atoms with Gasteiger partial charge in [-0.1, -0.05) is 6.07 Å². The SMILES string of the molecule is N#Cc1cccc(C(=O)NC2CCS(=O)(=O)C2)c1. The number of carbonyl (C=O) groups is 1. The van der Waals surface area contributed by atoms with Crippen LogP contribution in [0.2, 0.25) is 0 Å². The first-order chi connectivity index (χ1) is 8.50. The Labute approximate surface area is 105 Å². The summed E-state index contributed by atoms with van der Waals surface area (Å²) >= 11 is 0. The van der Waals surface area contributed by atoms with Crippen LogP contribution in [0, 0.1) is 11.3 Å². The molecule has 1 unspecified atom stereocenters. The average Bonchev–Trinajstić information content (AvgIpc) is 2.68. The van der Waals surface area contributed by atoms with Crippen LogP contribution in [0.3, 0.4) is 0 Å². The topological polar surface area (TPSA) is 87.0 Å².